The van der Waals surface area contributed by atoms with Crippen molar-refractivity contribution >= 4 is 17.5 Å². The molecule has 0 aromatic heterocycles. The molecule has 0 heterocycles. The first-order chi connectivity index (χ1) is 8.86. The number of amides is 2. The first kappa shape index (κ1) is 14.8. The maximum Gasteiger partial charge on any atom is 0.236 e. The molecular formula is C11H14F2N4O2. The average Bonchev–Trinajstić information content (AvgIpc) is 2.30. The first-order valence-corrected chi connectivity index (χ1v) is 5.35. The molecule has 0 spiro atoms. The van der Waals surface area contributed by atoms with Gasteiger partial charge in [-0.3, -0.25) is 9.59 Å². The van der Waals surface area contributed by atoms with Gasteiger partial charge in [0.25, 0.3) is 0 Å². The number of benzene rings is 1. The zero-order valence-corrected chi connectivity index (χ0v) is 10.0. The normalized spacial score (nSPS) is 10.3. The fraction of sp³-hybridized carbons (Fsp3) is 0.273. The molecule has 6 N–H and O–H groups in total. The van der Waals surface area contributed by atoms with Gasteiger partial charge in [0.05, 0.1) is 18.8 Å². The summed E-state index contributed by atoms with van der Waals surface area (Å²) in [5, 5.41) is 0. The van der Waals surface area contributed by atoms with Crippen LogP contribution in [0.5, 0.6) is 0 Å². The Morgan fingerprint density at radius 1 is 1.05 bits per heavy atom. The molecule has 0 fully saturated rings. The Kier molecular flexibility index (Phi) is 4.76. The lowest BCUT2D eigenvalue weighted by Crippen LogP contribution is -2.40. The molecule has 1 aromatic rings. The van der Waals surface area contributed by atoms with Crippen LogP contribution in [0.25, 0.3) is 0 Å². The molecule has 0 saturated heterocycles. The van der Waals surface area contributed by atoms with Crippen molar-refractivity contribution in [3.05, 3.63) is 29.3 Å². The zero-order chi connectivity index (χ0) is 14.6. The molecule has 0 aliphatic carbocycles. The van der Waals surface area contributed by atoms with E-state index >= 15 is 0 Å². The van der Waals surface area contributed by atoms with E-state index in [0.29, 0.717) is 0 Å². The van der Waals surface area contributed by atoms with Gasteiger partial charge in [0, 0.05) is 12.1 Å². The molecule has 6 nitrogen and oxygen atoms in total. The molecule has 0 aliphatic heterocycles. The molecule has 0 saturated carbocycles. The second-order valence-corrected chi connectivity index (χ2v) is 3.86. The van der Waals surface area contributed by atoms with Crippen LogP contribution in [0.1, 0.15) is 5.56 Å². The summed E-state index contributed by atoms with van der Waals surface area (Å²) < 4.78 is 27.4. The van der Waals surface area contributed by atoms with Gasteiger partial charge in [0.15, 0.2) is 11.6 Å². The second-order valence-electron chi connectivity index (χ2n) is 3.86. The minimum atomic E-state index is -1.20. The third kappa shape index (κ3) is 3.62. The van der Waals surface area contributed by atoms with Gasteiger partial charge in [-0.15, -0.1) is 0 Å². The van der Waals surface area contributed by atoms with E-state index in [4.69, 9.17) is 17.2 Å². The maximum atomic E-state index is 13.8. The molecule has 1 aromatic carbocycles. The van der Waals surface area contributed by atoms with E-state index < -0.39 is 36.5 Å². The Morgan fingerprint density at radius 3 is 2.00 bits per heavy atom. The highest BCUT2D eigenvalue weighted by Crippen LogP contribution is 2.23. The fourth-order valence-electron chi connectivity index (χ4n) is 1.58. The monoisotopic (exact) mass is 272 g/mol. The largest absolute Gasteiger partial charge is 0.368 e. The molecule has 0 aliphatic rings. The summed E-state index contributed by atoms with van der Waals surface area (Å²) in [7, 11) is 0. The van der Waals surface area contributed by atoms with Crippen molar-refractivity contribution in [1.29, 1.82) is 0 Å². The van der Waals surface area contributed by atoms with E-state index in [1.807, 2.05) is 0 Å². The van der Waals surface area contributed by atoms with E-state index in [1.54, 1.807) is 0 Å². The van der Waals surface area contributed by atoms with E-state index in [0.717, 1.165) is 4.90 Å². The average molecular weight is 272 g/mol. The number of carbonyl (C=O) groups excluding carboxylic acids is 2. The van der Waals surface area contributed by atoms with Gasteiger partial charge >= 0.3 is 0 Å². The van der Waals surface area contributed by atoms with E-state index in [-0.39, 0.29) is 17.8 Å². The number of carbonyl (C=O) groups is 2. The van der Waals surface area contributed by atoms with Crippen LogP contribution >= 0.6 is 0 Å². The summed E-state index contributed by atoms with van der Waals surface area (Å²) in [5.41, 5.74) is 14.9. The van der Waals surface area contributed by atoms with Crippen molar-refractivity contribution < 1.29 is 18.4 Å². The van der Waals surface area contributed by atoms with Crippen molar-refractivity contribution in [2.45, 2.75) is 6.54 Å². The topological polar surface area (TPSA) is 115 Å². The molecule has 1 rings (SSSR count). The van der Waals surface area contributed by atoms with Crippen LogP contribution in [0.15, 0.2) is 12.1 Å². The number of halogens is 2. The van der Waals surface area contributed by atoms with E-state index in [1.165, 1.54) is 12.1 Å². The van der Waals surface area contributed by atoms with Crippen LogP contribution < -0.4 is 22.1 Å². The van der Waals surface area contributed by atoms with Crippen molar-refractivity contribution in [3.8, 4) is 0 Å². The smallest absolute Gasteiger partial charge is 0.236 e. The van der Waals surface area contributed by atoms with Crippen molar-refractivity contribution in [3.63, 3.8) is 0 Å². The minimum absolute atomic E-state index is 0.0145. The molecule has 2 amide bonds. The summed E-state index contributed by atoms with van der Waals surface area (Å²) in [4.78, 5) is 22.7. The molecule has 0 atom stereocenters. The lowest BCUT2D eigenvalue weighted by atomic mass is 10.1. The lowest BCUT2D eigenvalue weighted by molar-refractivity contribution is -0.117. The number of anilines is 1. The number of hydrogen-bond acceptors (Lipinski definition) is 4. The standard InChI is InChI=1S/C11H14F2N4O2/c12-10-6(3-14)1-2-7(11(10)13)17(4-8(15)18)5-9(16)19/h1-2H,3-5,14H2,(H2,15,18)(H2,16,19). The van der Waals surface area contributed by atoms with Crippen molar-refractivity contribution in [2.75, 3.05) is 18.0 Å². The lowest BCUT2D eigenvalue weighted by Gasteiger charge is -2.22. The Bertz CT molecular complexity index is 492. The molecule has 104 valence electrons. The number of nitrogens with two attached hydrogens (primary N) is 3. The Balaban J connectivity index is 3.18. The number of primary amides is 2. The SMILES string of the molecule is NCc1ccc(N(CC(N)=O)CC(N)=O)c(F)c1F. The van der Waals surface area contributed by atoms with Crippen LogP contribution in [-0.4, -0.2) is 24.9 Å². The molecular weight excluding hydrogens is 258 g/mol. The highest BCUT2D eigenvalue weighted by Gasteiger charge is 2.20. The quantitative estimate of drug-likeness (QED) is 0.628. The van der Waals surface area contributed by atoms with Gasteiger partial charge in [-0.25, -0.2) is 8.78 Å². The van der Waals surface area contributed by atoms with E-state index in [2.05, 4.69) is 0 Å². The van der Waals surface area contributed by atoms with Crippen LogP contribution in [0.3, 0.4) is 0 Å². The molecule has 0 unspecified atom stereocenters. The van der Waals surface area contributed by atoms with Gasteiger partial charge < -0.3 is 22.1 Å². The number of rotatable bonds is 6. The summed E-state index contributed by atoms with van der Waals surface area (Å²) in [6.07, 6.45) is 0. The second kappa shape index (κ2) is 6.10. The minimum Gasteiger partial charge on any atom is -0.368 e. The van der Waals surface area contributed by atoms with Crippen LogP contribution in [0.2, 0.25) is 0 Å². The molecule has 19 heavy (non-hydrogen) atoms. The van der Waals surface area contributed by atoms with Crippen LogP contribution in [0, 0.1) is 11.6 Å². The molecule has 0 radical (unpaired) electrons. The molecule has 8 heteroatoms. The highest BCUT2D eigenvalue weighted by atomic mass is 19.2. The van der Waals surface area contributed by atoms with Crippen LogP contribution in [0.4, 0.5) is 14.5 Å². The summed E-state index contributed by atoms with van der Waals surface area (Å²) in [5.74, 6) is -3.93. The highest BCUT2D eigenvalue weighted by molar-refractivity contribution is 5.84. The summed E-state index contributed by atoms with van der Waals surface area (Å²) in [6.45, 7) is -1.09. The maximum absolute atomic E-state index is 13.8. The van der Waals surface area contributed by atoms with Gasteiger partial charge in [0.2, 0.25) is 11.8 Å². The van der Waals surface area contributed by atoms with Gasteiger partial charge in [-0.05, 0) is 6.07 Å². The van der Waals surface area contributed by atoms with Gasteiger partial charge in [-0.2, -0.15) is 0 Å². The Labute approximate surface area is 108 Å². The van der Waals surface area contributed by atoms with Crippen molar-refractivity contribution in [2.24, 2.45) is 17.2 Å². The summed E-state index contributed by atoms with van der Waals surface area (Å²) >= 11 is 0. The number of nitrogens with zero attached hydrogens (tertiary/aromatic N) is 1. The fourth-order valence-corrected chi connectivity index (χ4v) is 1.58. The predicted molar refractivity (Wildman–Crippen MR) is 64.9 cm³/mol. The van der Waals surface area contributed by atoms with Gasteiger partial charge in [0.1, 0.15) is 0 Å². The summed E-state index contributed by atoms with van der Waals surface area (Å²) in [6, 6.07) is 2.48. The predicted octanol–water partition coefficient (Wildman–Crippen LogP) is -0.799. The van der Waals surface area contributed by atoms with Crippen molar-refractivity contribution in [1.82, 2.24) is 0 Å². The van der Waals surface area contributed by atoms with Gasteiger partial charge in [-0.1, -0.05) is 6.07 Å². The first-order valence-electron chi connectivity index (χ1n) is 5.35. The Morgan fingerprint density at radius 2 is 1.58 bits per heavy atom. The third-order valence-corrected chi connectivity index (χ3v) is 2.40. The number of hydrogen-bond donors (Lipinski definition) is 3. The third-order valence-electron chi connectivity index (χ3n) is 2.40. The zero-order valence-electron chi connectivity index (χ0n) is 10.0. The molecule has 0 bridgehead atoms. The Hall–Kier alpha value is -2.22. The van der Waals surface area contributed by atoms with E-state index in [9.17, 15) is 18.4 Å². The van der Waals surface area contributed by atoms with Crippen LogP contribution in [-0.2, 0) is 16.1 Å².